The fraction of sp³-hybridized carbons (Fsp3) is 0.111. The monoisotopic (exact) mass is 552 g/mol. The van der Waals surface area contributed by atoms with Gasteiger partial charge in [0.25, 0.3) is 0 Å². The van der Waals surface area contributed by atoms with Crippen molar-refractivity contribution in [1.82, 2.24) is 9.73 Å². The maximum absolute atomic E-state index is 13.5. The molecule has 190 valence electrons. The van der Waals surface area contributed by atoms with E-state index < -0.39 is 10.0 Å². The van der Waals surface area contributed by atoms with Crippen LogP contribution in [0, 0.1) is 6.92 Å². The Balaban J connectivity index is 1.47. The summed E-state index contributed by atoms with van der Waals surface area (Å²) >= 11 is 11.2. The molecule has 37 heavy (non-hydrogen) atoms. The van der Waals surface area contributed by atoms with Gasteiger partial charge in [-0.2, -0.15) is 9.41 Å². The summed E-state index contributed by atoms with van der Waals surface area (Å²) in [6.07, 6.45) is 1.47. The molecule has 4 rings (SSSR count). The SMILES string of the molecule is Cc1ccc(CN(Cc2ccc(/C=N\NC(=S)Nc3ccccc3)o2)S(=O)(=O)c2ccc(Cl)cc2)cc1. The van der Waals surface area contributed by atoms with Crippen LogP contribution < -0.4 is 10.7 Å². The number of aryl methyl sites for hydroxylation is 1. The van der Waals surface area contributed by atoms with Crippen molar-refractivity contribution in [2.45, 2.75) is 24.9 Å². The van der Waals surface area contributed by atoms with Crippen LogP contribution in [-0.4, -0.2) is 24.1 Å². The maximum atomic E-state index is 13.5. The fourth-order valence-electron chi connectivity index (χ4n) is 3.44. The smallest absolute Gasteiger partial charge is 0.243 e. The number of halogens is 1. The summed E-state index contributed by atoms with van der Waals surface area (Å²) in [5, 5.41) is 7.90. The summed E-state index contributed by atoms with van der Waals surface area (Å²) in [6.45, 7) is 2.20. The van der Waals surface area contributed by atoms with Crippen LogP contribution in [0.4, 0.5) is 5.69 Å². The molecule has 7 nitrogen and oxygen atoms in total. The topological polar surface area (TPSA) is 86.9 Å². The van der Waals surface area contributed by atoms with Gasteiger partial charge in [0.2, 0.25) is 10.0 Å². The van der Waals surface area contributed by atoms with E-state index in [0.717, 1.165) is 16.8 Å². The van der Waals surface area contributed by atoms with Crippen LogP contribution in [0.2, 0.25) is 5.02 Å². The van der Waals surface area contributed by atoms with E-state index in [2.05, 4.69) is 15.8 Å². The molecule has 10 heteroatoms. The molecule has 2 N–H and O–H groups in total. The Bertz CT molecular complexity index is 1470. The number of rotatable bonds is 9. The van der Waals surface area contributed by atoms with E-state index in [1.165, 1.54) is 22.7 Å². The molecule has 0 aliphatic heterocycles. The average molecular weight is 553 g/mol. The molecular weight excluding hydrogens is 528 g/mol. The van der Waals surface area contributed by atoms with Crippen molar-refractivity contribution in [3.8, 4) is 0 Å². The fourth-order valence-corrected chi connectivity index (χ4v) is 5.13. The number of anilines is 1. The molecule has 4 aromatic rings. The van der Waals surface area contributed by atoms with E-state index >= 15 is 0 Å². The van der Waals surface area contributed by atoms with Crippen LogP contribution in [0.5, 0.6) is 0 Å². The Morgan fingerprint density at radius 2 is 1.68 bits per heavy atom. The van der Waals surface area contributed by atoms with Gasteiger partial charge in [-0.25, -0.2) is 8.42 Å². The summed E-state index contributed by atoms with van der Waals surface area (Å²) < 4.78 is 34.2. The lowest BCUT2D eigenvalue weighted by molar-refractivity contribution is 0.357. The van der Waals surface area contributed by atoms with Crippen molar-refractivity contribution in [2.24, 2.45) is 5.10 Å². The van der Waals surface area contributed by atoms with Gasteiger partial charge < -0.3 is 9.73 Å². The molecule has 0 atom stereocenters. The third-order valence-electron chi connectivity index (χ3n) is 5.34. The molecule has 0 unspecified atom stereocenters. The van der Waals surface area contributed by atoms with Crippen LogP contribution in [0.3, 0.4) is 0 Å². The van der Waals surface area contributed by atoms with E-state index in [9.17, 15) is 8.42 Å². The first-order valence-corrected chi connectivity index (χ1v) is 13.6. The molecule has 0 bridgehead atoms. The van der Waals surface area contributed by atoms with Crippen molar-refractivity contribution >= 4 is 50.9 Å². The minimum atomic E-state index is -3.83. The largest absolute Gasteiger partial charge is 0.459 e. The van der Waals surface area contributed by atoms with Gasteiger partial charge in [0, 0.05) is 17.3 Å². The summed E-state index contributed by atoms with van der Waals surface area (Å²) in [4.78, 5) is 0.154. The number of sulfonamides is 1. The number of nitrogens with one attached hydrogen (secondary N) is 2. The van der Waals surface area contributed by atoms with Gasteiger partial charge in [-0.15, -0.1) is 0 Å². The van der Waals surface area contributed by atoms with Crippen LogP contribution in [0.15, 0.2) is 105 Å². The normalized spacial score (nSPS) is 11.6. The van der Waals surface area contributed by atoms with Gasteiger partial charge in [0.05, 0.1) is 17.7 Å². The highest BCUT2D eigenvalue weighted by Gasteiger charge is 2.26. The quantitative estimate of drug-likeness (QED) is 0.151. The molecule has 0 saturated heterocycles. The number of furan rings is 1. The molecule has 1 aromatic heterocycles. The zero-order valence-corrected chi connectivity index (χ0v) is 22.4. The standard InChI is InChI=1S/C27H25ClN4O3S2/c1-20-7-9-21(10-8-20)18-32(37(33,34)26-15-11-22(28)12-16-26)19-25-14-13-24(35-25)17-29-31-27(36)30-23-5-3-2-4-6-23/h2-17H,18-19H2,1H3,(H2,30,31,36)/b29-17-. The summed E-state index contributed by atoms with van der Waals surface area (Å²) in [6, 6.07) is 26.8. The second-order valence-electron chi connectivity index (χ2n) is 8.21. The number of hydrazone groups is 1. The van der Waals surface area contributed by atoms with Crippen LogP contribution in [-0.2, 0) is 23.1 Å². The lowest BCUT2D eigenvalue weighted by Crippen LogP contribution is -2.30. The Kier molecular flexibility index (Phi) is 8.73. The van der Waals surface area contributed by atoms with Gasteiger partial charge in [0.15, 0.2) is 5.11 Å². The van der Waals surface area contributed by atoms with Crippen molar-refractivity contribution in [1.29, 1.82) is 0 Å². The number of hydrogen-bond acceptors (Lipinski definition) is 5. The van der Waals surface area contributed by atoms with E-state index in [1.807, 2.05) is 61.5 Å². The predicted octanol–water partition coefficient (Wildman–Crippen LogP) is 5.95. The van der Waals surface area contributed by atoms with Crippen molar-refractivity contribution in [2.75, 3.05) is 5.32 Å². The van der Waals surface area contributed by atoms with Crippen molar-refractivity contribution in [3.05, 3.63) is 119 Å². The molecule has 0 radical (unpaired) electrons. The highest BCUT2D eigenvalue weighted by atomic mass is 35.5. The van der Waals surface area contributed by atoms with E-state index in [-0.39, 0.29) is 18.0 Å². The number of para-hydroxylation sites is 1. The lowest BCUT2D eigenvalue weighted by atomic mass is 10.1. The highest BCUT2D eigenvalue weighted by molar-refractivity contribution is 7.89. The third kappa shape index (κ3) is 7.50. The Hall–Kier alpha value is -3.50. The minimum absolute atomic E-state index is 0.0358. The Morgan fingerprint density at radius 3 is 2.38 bits per heavy atom. The first-order chi connectivity index (χ1) is 17.8. The average Bonchev–Trinajstić information content (AvgIpc) is 3.33. The molecule has 0 saturated carbocycles. The van der Waals surface area contributed by atoms with Crippen molar-refractivity contribution < 1.29 is 12.8 Å². The molecule has 0 aliphatic rings. The van der Waals surface area contributed by atoms with Crippen LogP contribution in [0.25, 0.3) is 0 Å². The number of thiocarbonyl (C=S) groups is 1. The number of nitrogens with zero attached hydrogens (tertiary/aromatic N) is 2. The lowest BCUT2D eigenvalue weighted by Gasteiger charge is -2.21. The summed E-state index contributed by atoms with van der Waals surface area (Å²) in [5.74, 6) is 0.917. The van der Waals surface area contributed by atoms with Crippen LogP contribution >= 0.6 is 23.8 Å². The molecule has 1 heterocycles. The minimum Gasteiger partial charge on any atom is -0.459 e. The number of benzene rings is 3. The van der Waals surface area contributed by atoms with Gasteiger partial charge in [-0.3, -0.25) is 5.43 Å². The first-order valence-electron chi connectivity index (χ1n) is 11.3. The molecular formula is C27H25ClN4O3S2. The molecule has 0 spiro atoms. The first kappa shape index (κ1) is 26.6. The Labute approximate surface area is 226 Å². The van der Waals surface area contributed by atoms with Gasteiger partial charge in [-0.1, -0.05) is 59.6 Å². The molecule has 0 amide bonds. The van der Waals surface area contributed by atoms with E-state index in [0.29, 0.717) is 21.7 Å². The molecule has 3 aromatic carbocycles. The summed E-state index contributed by atoms with van der Waals surface area (Å²) in [5.41, 5.74) is 5.53. The maximum Gasteiger partial charge on any atom is 0.243 e. The third-order valence-corrected chi connectivity index (χ3v) is 7.59. The second kappa shape index (κ2) is 12.2. The van der Waals surface area contributed by atoms with Crippen LogP contribution in [0.1, 0.15) is 22.6 Å². The number of hydrogen-bond donors (Lipinski definition) is 2. The van der Waals surface area contributed by atoms with Gasteiger partial charge in [0.1, 0.15) is 11.5 Å². The van der Waals surface area contributed by atoms with Gasteiger partial charge in [-0.05, 0) is 73.2 Å². The summed E-state index contributed by atoms with van der Waals surface area (Å²) in [7, 11) is -3.83. The second-order valence-corrected chi connectivity index (χ2v) is 11.0. The van der Waals surface area contributed by atoms with Crippen molar-refractivity contribution in [3.63, 3.8) is 0 Å². The zero-order chi connectivity index (χ0) is 26.3. The van der Waals surface area contributed by atoms with E-state index in [1.54, 1.807) is 24.3 Å². The van der Waals surface area contributed by atoms with E-state index in [4.69, 9.17) is 28.2 Å². The molecule has 0 fully saturated rings. The Morgan fingerprint density at radius 1 is 0.973 bits per heavy atom. The highest BCUT2D eigenvalue weighted by Crippen LogP contribution is 2.23. The van der Waals surface area contributed by atoms with Gasteiger partial charge >= 0.3 is 0 Å². The molecule has 0 aliphatic carbocycles. The predicted molar refractivity (Wildman–Crippen MR) is 151 cm³/mol. The zero-order valence-electron chi connectivity index (χ0n) is 20.0.